The quantitative estimate of drug-likeness (QED) is 0.634. The van der Waals surface area contributed by atoms with E-state index >= 15 is 0 Å². The number of aromatic nitrogens is 1. The lowest BCUT2D eigenvalue weighted by atomic mass is 10.1. The van der Waals surface area contributed by atoms with Crippen LogP contribution in [-0.4, -0.2) is 51.0 Å². The number of hydrogen-bond donors (Lipinski definition) is 1. The first-order chi connectivity index (χ1) is 14.6. The SMILES string of the molecule is O=S(=O)(NC[C@H](c1cccnc1)N1CCN(c2ccccc2)CC1)c1ccccc1. The molecule has 1 N–H and O–H groups in total. The summed E-state index contributed by atoms with van der Waals surface area (Å²) in [5.74, 6) is 0. The maximum Gasteiger partial charge on any atom is 0.240 e. The smallest absolute Gasteiger partial charge is 0.240 e. The van der Waals surface area contributed by atoms with Crippen LogP contribution in [0.4, 0.5) is 5.69 Å². The Balaban J connectivity index is 1.47. The Morgan fingerprint density at radius 2 is 1.53 bits per heavy atom. The normalized spacial score (nSPS) is 16.3. The molecule has 3 aromatic rings. The second-order valence-electron chi connectivity index (χ2n) is 7.33. The van der Waals surface area contributed by atoms with E-state index in [-0.39, 0.29) is 10.9 Å². The van der Waals surface area contributed by atoms with Gasteiger partial charge >= 0.3 is 0 Å². The second kappa shape index (κ2) is 9.38. The Kier molecular flexibility index (Phi) is 6.42. The standard InChI is InChI=1S/C23H26N4O2S/c28-30(29,22-11-5-2-6-12-22)25-19-23(20-8-7-13-24-18-20)27-16-14-26(15-17-27)21-9-3-1-4-10-21/h1-13,18,23,25H,14-17,19H2/t23-/m1/s1. The van der Waals surface area contributed by atoms with Gasteiger partial charge in [-0.1, -0.05) is 42.5 Å². The first-order valence-corrected chi connectivity index (χ1v) is 11.6. The molecule has 6 nitrogen and oxygen atoms in total. The fourth-order valence-corrected chi connectivity index (χ4v) is 4.89. The molecule has 1 aliphatic rings. The zero-order valence-electron chi connectivity index (χ0n) is 16.8. The number of anilines is 1. The Hall–Kier alpha value is -2.74. The molecule has 1 saturated heterocycles. The number of pyridine rings is 1. The van der Waals surface area contributed by atoms with Crippen LogP contribution in [0.3, 0.4) is 0 Å². The molecule has 4 rings (SSSR count). The van der Waals surface area contributed by atoms with E-state index in [1.165, 1.54) is 5.69 Å². The molecule has 1 atom stereocenters. The molecule has 1 aromatic heterocycles. The van der Waals surface area contributed by atoms with E-state index < -0.39 is 10.0 Å². The molecule has 156 valence electrons. The van der Waals surface area contributed by atoms with Crippen molar-refractivity contribution in [3.8, 4) is 0 Å². The van der Waals surface area contributed by atoms with Gasteiger partial charge in [-0.15, -0.1) is 0 Å². The van der Waals surface area contributed by atoms with Gasteiger partial charge in [0.2, 0.25) is 10.0 Å². The fraction of sp³-hybridized carbons (Fsp3) is 0.261. The summed E-state index contributed by atoms with van der Waals surface area (Å²) in [6, 6.07) is 22.7. The molecule has 2 heterocycles. The fourth-order valence-electron chi connectivity index (χ4n) is 3.83. The molecule has 30 heavy (non-hydrogen) atoms. The van der Waals surface area contributed by atoms with E-state index in [0.717, 1.165) is 31.7 Å². The maximum atomic E-state index is 12.7. The van der Waals surface area contributed by atoms with Crippen molar-refractivity contribution >= 4 is 15.7 Å². The molecule has 0 saturated carbocycles. The minimum Gasteiger partial charge on any atom is -0.369 e. The summed E-state index contributed by atoms with van der Waals surface area (Å²) >= 11 is 0. The van der Waals surface area contributed by atoms with Gasteiger partial charge in [0.05, 0.1) is 10.9 Å². The summed E-state index contributed by atoms with van der Waals surface area (Å²) in [6.07, 6.45) is 3.56. The van der Waals surface area contributed by atoms with Crippen molar-refractivity contribution < 1.29 is 8.42 Å². The van der Waals surface area contributed by atoms with Crippen LogP contribution < -0.4 is 9.62 Å². The van der Waals surface area contributed by atoms with Crippen molar-refractivity contribution in [1.29, 1.82) is 0 Å². The number of piperazine rings is 1. The number of nitrogens with zero attached hydrogens (tertiary/aromatic N) is 3. The van der Waals surface area contributed by atoms with Gasteiger partial charge in [-0.2, -0.15) is 0 Å². The van der Waals surface area contributed by atoms with Crippen molar-refractivity contribution in [3.63, 3.8) is 0 Å². The van der Waals surface area contributed by atoms with E-state index in [9.17, 15) is 8.42 Å². The molecule has 0 spiro atoms. The van der Waals surface area contributed by atoms with Gasteiger partial charge < -0.3 is 4.90 Å². The zero-order chi connectivity index (χ0) is 20.8. The molecular weight excluding hydrogens is 396 g/mol. The molecule has 0 unspecified atom stereocenters. The van der Waals surface area contributed by atoms with Crippen LogP contribution in [-0.2, 0) is 10.0 Å². The van der Waals surface area contributed by atoms with Crippen LogP contribution in [0.2, 0.25) is 0 Å². The first-order valence-electron chi connectivity index (χ1n) is 10.1. The Morgan fingerprint density at radius 1 is 0.867 bits per heavy atom. The molecule has 0 bridgehead atoms. The lowest BCUT2D eigenvalue weighted by molar-refractivity contribution is 0.186. The molecule has 1 aliphatic heterocycles. The first kappa shape index (κ1) is 20.5. The highest BCUT2D eigenvalue weighted by molar-refractivity contribution is 7.89. The summed E-state index contributed by atoms with van der Waals surface area (Å²) < 4.78 is 28.3. The average molecular weight is 423 g/mol. The van der Waals surface area contributed by atoms with Crippen LogP contribution in [0.5, 0.6) is 0 Å². The van der Waals surface area contributed by atoms with Crippen LogP contribution >= 0.6 is 0 Å². The number of rotatable bonds is 7. The topological polar surface area (TPSA) is 65.5 Å². The monoisotopic (exact) mass is 422 g/mol. The van der Waals surface area contributed by atoms with E-state index in [2.05, 4.69) is 43.8 Å². The van der Waals surface area contributed by atoms with Gasteiger partial charge in [-0.3, -0.25) is 9.88 Å². The highest BCUT2D eigenvalue weighted by Gasteiger charge is 2.27. The average Bonchev–Trinajstić information content (AvgIpc) is 2.81. The number of para-hydroxylation sites is 1. The molecule has 7 heteroatoms. The Labute approximate surface area is 178 Å². The van der Waals surface area contributed by atoms with Gasteiger partial charge in [0.25, 0.3) is 0 Å². The summed E-state index contributed by atoms with van der Waals surface area (Å²) in [6.45, 7) is 3.79. The van der Waals surface area contributed by atoms with Crippen molar-refractivity contribution in [1.82, 2.24) is 14.6 Å². The van der Waals surface area contributed by atoms with Crippen LogP contribution in [0, 0.1) is 0 Å². The van der Waals surface area contributed by atoms with Crippen molar-refractivity contribution in [2.75, 3.05) is 37.6 Å². The molecule has 0 aliphatic carbocycles. The summed E-state index contributed by atoms with van der Waals surface area (Å²) in [5, 5.41) is 0. The number of benzene rings is 2. The largest absolute Gasteiger partial charge is 0.369 e. The lowest BCUT2D eigenvalue weighted by Crippen LogP contribution is -2.49. The molecular formula is C23H26N4O2S. The Bertz CT molecular complexity index is 1020. The third-order valence-electron chi connectivity index (χ3n) is 5.47. The third kappa shape index (κ3) is 4.87. The molecule has 1 fully saturated rings. The number of sulfonamides is 1. The van der Waals surface area contributed by atoms with Crippen LogP contribution in [0.15, 0.2) is 90.1 Å². The minimum atomic E-state index is -3.56. The summed E-state index contributed by atoms with van der Waals surface area (Å²) in [5.41, 5.74) is 2.24. The summed E-state index contributed by atoms with van der Waals surface area (Å²) in [7, 11) is -3.56. The molecule has 2 aromatic carbocycles. The molecule has 0 radical (unpaired) electrons. The van der Waals surface area contributed by atoms with E-state index in [1.54, 1.807) is 30.5 Å². The third-order valence-corrected chi connectivity index (χ3v) is 6.91. The van der Waals surface area contributed by atoms with Gasteiger partial charge in [-0.25, -0.2) is 13.1 Å². The van der Waals surface area contributed by atoms with Crippen molar-refractivity contribution in [2.45, 2.75) is 10.9 Å². The number of nitrogens with one attached hydrogen (secondary N) is 1. The van der Waals surface area contributed by atoms with E-state index in [0.29, 0.717) is 6.54 Å². The maximum absolute atomic E-state index is 12.7. The van der Waals surface area contributed by atoms with E-state index in [4.69, 9.17) is 0 Å². The zero-order valence-corrected chi connectivity index (χ0v) is 17.6. The minimum absolute atomic E-state index is 0.0740. The van der Waals surface area contributed by atoms with Crippen LogP contribution in [0.1, 0.15) is 11.6 Å². The van der Waals surface area contributed by atoms with Gasteiger partial charge in [-0.05, 0) is 35.9 Å². The highest BCUT2D eigenvalue weighted by atomic mass is 32.2. The number of hydrogen-bond acceptors (Lipinski definition) is 5. The second-order valence-corrected chi connectivity index (χ2v) is 9.09. The van der Waals surface area contributed by atoms with E-state index in [1.807, 2.05) is 30.5 Å². The van der Waals surface area contributed by atoms with Gasteiger partial charge in [0.1, 0.15) is 0 Å². The van der Waals surface area contributed by atoms with Crippen LogP contribution in [0.25, 0.3) is 0 Å². The van der Waals surface area contributed by atoms with Gasteiger partial charge in [0.15, 0.2) is 0 Å². The summed E-state index contributed by atoms with van der Waals surface area (Å²) in [4.78, 5) is 9.24. The predicted octanol–water partition coefficient (Wildman–Crippen LogP) is 2.92. The highest BCUT2D eigenvalue weighted by Crippen LogP contribution is 2.24. The molecule has 0 amide bonds. The van der Waals surface area contributed by atoms with Crippen molar-refractivity contribution in [3.05, 3.63) is 90.8 Å². The van der Waals surface area contributed by atoms with Gasteiger partial charge in [0, 0.05) is 50.8 Å². The van der Waals surface area contributed by atoms with Crippen molar-refractivity contribution in [2.24, 2.45) is 0 Å². The lowest BCUT2D eigenvalue weighted by Gasteiger charge is -2.40. The Morgan fingerprint density at radius 3 is 2.17 bits per heavy atom. The predicted molar refractivity (Wildman–Crippen MR) is 119 cm³/mol.